The molecule has 0 atom stereocenters. The smallest absolute Gasteiger partial charge is 0.263 e. The zero-order valence-electron chi connectivity index (χ0n) is 17.0. The number of nitrogens with zero attached hydrogens (tertiary/aromatic N) is 2. The van der Waals surface area contributed by atoms with Crippen LogP contribution in [0, 0.1) is 0 Å². The first kappa shape index (κ1) is 20.5. The van der Waals surface area contributed by atoms with Crippen LogP contribution in [-0.2, 0) is 0 Å². The van der Waals surface area contributed by atoms with Crippen LogP contribution in [0.1, 0.15) is 49.2 Å². The van der Waals surface area contributed by atoms with Crippen LogP contribution in [0.3, 0.4) is 0 Å². The fourth-order valence-corrected chi connectivity index (χ4v) is 5.11. The number of halogens is 2. The zero-order valence-corrected chi connectivity index (χ0v) is 17.8. The molecular weight excluding hydrogens is 394 g/mol. The van der Waals surface area contributed by atoms with Gasteiger partial charge >= 0.3 is 0 Å². The van der Waals surface area contributed by atoms with Crippen molar-refractivity contribution in [3.8, 4) is 5.75 Å². The summed E-state index contributed by atoms with van der Waals surface area (Å²) >= 11 is 1.42. The average Bonchev–Trinajstić information content (AvgIpc) is 3.11. The molecule has 0 N–H and O–H groups in total. The molecule has 1 aromatic heterocycles. The van der Waals surface area contributed by atoms with Crippen molar-refractivity contribution in [1.29, 1.82) is 0 Å². The molecule has 0 saturated carbocycles. The van der Waals surface area contributed by atoms with E-state index in [0.29, 0.717) is 10.9 Å². The Kier molecular flexibility index (Phi) is 5.80. The third-order valence-corrected chi connectivity index (χ3v) is 7.09. The lowest BCUT2D eigenvalue weighted by atomic mass is 10.1. The van der Waals surface area contributed by atoms with E-state index in [1.54, 1.807) is 4.90 Å². The minimum absolute atomic E-state index is 0.115. The van der Waals surface area contributed by atoms with E-state index in [0.717, 1.165) is 41.8 Å². The van der Waals surface area contributed by atoms with Gasteiger partial charge in [-0.2, -0.15) is 0 Å². The molecule has 3 heterocycles. The largest absolute Gasteiger partial charge is 0.490 e. The number of amides is 1. The molecule has 0 radical (unpaired) electrons. The molecule has 1 aromatic carbocycles. The minimum Gasteiger partial charge on any atom is -0.490 e. The molecule has 2 aliphatic rings. The maximum Gasteiger partial charge on any atom is 0.263 e. The molecule has 2 saturated heterocycles. The predicted molar refractivity (Wildman–Crippen MR) is 112 cm³/mol. The van der Waals surface area contributed by atoms with E-state index in [9.17, 15) is 13.6 Å². The second-order valence-corrected chi connectivity index (χ2v) is 9.49. The molecule has 2 aliphatic heterocycles. The molecular formula is C22H28F2N2O2S. The van der Waals surface area contributed by atoms with Gasteiger partial charge in [-0.05, 0) is 56.3 Å². The molecule has 7 heteroatoms. The van der Waals surface area contributed by atoms with Gasteiger partial charge in [0.1, 0.15) is 11.9 Å². The highest BCUT2D eigenvalue weighted by Gasteiger charge is 2.36. The van der Waals surface area contributed by atoms with Crippen LogP contribution in [0.2, 0.25) is 0 Å². The van der Waals surface area contributed by atoms with Gasteiger partial charge in [0, 0.05) is 49.8 Å². The Labute approximate surface area is 174 Å². The maximum absolute atomic E-state index is 13.4. The fraction of sp³-hybridized carbons (Fsp3) is 0.591. The number of benzene rings is 1. The molecule has 158 valence electrons. The Balaban J connectivity index is 1.41. The number of hydrogen-bond donors (Lipinski definition) is 0. The van der Waals surface area contributed by atoms with Crippen molar-refractivity contribution in [1.82, 2.24) is 9.80 Å². The Bertz CT molecular complexity index is 865. The summed E-state index contributed by atoms with van der Waals surface area (Å²) in [5.74, 6) is -1.96. The Hall–Kier alpha value is -1.73. The molecule has 29 heavy (non-hydrogen) atoms. The van der Waals surface area contributed by atoms with E-state index in [1.165, 1.54) is 11.3 Å². The number of piperidine rings is 2. The van der Waals surface area contributed by atoms with Crippen LogP contribution in [0.25, 0.3) is 10.1 Å². The van der Waals surface area contributed by atoms with Crippen molar-refractivity contribution in [2.45, 2.75) is 57.6 Å². The SMILES string of the molecule is CC(C)N1CCC(Oc2ccc3sc(C(=O)N4CCC(F)(F)CC4)cc3c2)CC1. The van der Waals surface area contributed by atoms with Crippen LogP contribution in [0.4, 0.5) is 8.78 Å². The van der Waals surface area contributed by atoms with E-state index >= 15 is 0 Å². The number of likely N-dealkylation sites (tertiary alicyclic amines) is 2. The molecule has 0 bridgehead atoms. The van der Waals surface area contributed by atoms with Crippen molar-refractivity contribution in [2.75, 3.05) is 26.2 Å². The highest BCUT2D eigenvalue weighted by molar-refractivity contribution is 7.20. The first-order valence-electron chi connectivity index (χ1n) is 10.4. The Morgan fingerprint density at radius 3 is 2.48 bits per heavy atom. The summed E-state index contributed by atoms with van der Waals surface area (Å²) in [5, 5.41) is 0.970. The lowest BCUT2D eigenvalue weighted by molar-refractivity contribution is -0.0493. The van der Waals surface area contributed by atoms with E-state index in [4.69, 9.17) is 4.74 Å². The standard InChI is InChI=1S/C22H28F2N2O2S/c1-15(2)25-9-5-17(6-10-25)28-18-3-4-19-16(13-18)14-20(29-19)21(27)26-11-7-22(23,24)8-12-26/h3-4,13-15,17H,5-12H2,1-2H3. The van der Waals surface area contributed by atoms with E-state index in [-0.39, 0.29) is 37.9 Å². The lowest BCUT2D eigenvalue weighted by Crippen LogP contribution is -2.42. The van der Waals surface area contributed by atoms with Crippen LogP contribution >= 0.6 is 11.3 Å². The molecule has 0 spiro atoms. The van der Waals surface area contributed by atoms with E-state index < -0.39 is 5.92 Å². The van der Waals surface area contributed by atoms with Crippen molar-refractivity contribution in [3.63, 3.8) is 0 Å². The molecule has 0 aliphatic carbocycles. The quantitative estimate of drug-likeness (QED) is 0.693. The highest BCUT2D eigenvalue weighted by atomic mass is 32.1. The highest BCUT2D eigenvalue weighted by Crippen LogP contribution is 2.33. The summed E-state index contributed by atoms with van der Waals surface area (Å²) in [6, 6.07) is 8.37. The molecule has 1 amide bonds. The summed E-state index contributed by atoms with van der Waals surface area (Å²) in [7, 11) is 0. The van der Waals surface area contributed by atoms with Gasteiger partial charge in [-0.1, -0.05) is 0 Å². The van der Waals surface area contributed by atoms with Crippen LogP contribution < -0.4 is 4.74 Å². The fourth-order valence-electron chi connectivity index (χ4n) is 4.10. The van der Waals surface area contributed by atoms with E-state index in [1.807, 2.05) is 24.3 Å². The predicted octanol–water partition coefficient (Wildman–Crippen LogP) is 5.02. The third kappa shape index (κ3) is 4.72. The second kappa shape index (κ2) is 8.19. The van der Waals surface area contributed by atoms with Crippen molar-refractivity contribution >= 4 is 27.3 Å². The Morgan fingerprint density at radius 2 is 1.83 bits per heavy atom. The summed E-state index contributed by atoms with van der Waals surface area (Å²) in [6.45, 7) is 6.78. The number of carbonyl (C=O) groups is 1. The first-order chi connectivity index (χ1) is 13.8. The van der Waals surface area contributed by atoms with Crippen molar-refractivity contribution < 1.29 is 18.3 Å². The number of alkyl halides is 2. The molecule has 4 nitrogen and oxygen atoms in total. The molecule has 0 unspecified atom stereocenters. The molecule has 2 fully saturated rings. The van der Waals surface area contributed by atoms with Crippen LogP contribution in [0.15, 0.2) is 24.3 Å². The number of rotatable bonds is 4. The summed E-state index contributed by atoms with van der Waals surface area (Å²) < 4.78 is 33.9. The summed E-state index contributed by atoms with van der Waals surface area (Å²) in [5.41, 5.74) is 0. The molecule has 2 aromatic rings. The number of fused-ring (bicyclic) bond motifs is 1. The third-order valence-electron chi connectivity index (χ3n) is 5.99. The topological polar surface area (TPSA) is 32.8 Å². The second-order valence-electron chi connectivity index (χ2n) is 8.41. The average molecular weight is 423 g/mol. The van der Waals surface area contributed by atoms with Crippen LogP contribution in [0.5, 0.6) is 5.75 Å². The van der Waals surface area contributed by atoms with Crippen molar-refractivity contribution in [3.05, 3.63) is 29.1 Å². The molecule has 4 rings (SSSR count). The first-order valence-corrected chi connectivity index (χ1v) is 11.2. The minimum atomic E-state index is -2.64. The maximum atomic E-state index is 13.4. The van der Waals surface area contributed by atoms with Gasteiger partial charge in [-0.3, -0.25) is 4.79 Å². The van der Waals surface area contributed by atoms with Gasteiger partial charge in [-0.25, -0.2) is 8.78 Å². The lowest BCUT2D eigenvalue weighted by Gasteiger charge is -2.34. The Morgan fingerprint density at radius 1 is 1.14 bits per heavy atom. The number of carbonyl (C=O) groups excluding carboxylic acids is 1. The normalized spacial score (nSPS) is 21.1. The van der Waals surface area contributed by atoms with Gasteiger partial charge in [0.2, 0.25) is 0 Å². The number of hydrogen-bond acceptors (Lipinski definition) is 4. The summed E-state index contributed by atoms with van der Waals surface area (Å²) in [6.07, 6.45) is 1.75. The summed E-state index contributed by atoms with van der Waals surface area (Å²) in [4.78, 5) is 17.3. The van der Waals surface area contributed by atoms with Crippen LogP contribution in [-0.4, -0.2) is 60.0 Å². The van der Waals surface area contributed by atoms with Gasteiger partial charge in [0.15, 0.2) is 0 Å². The monoisotopic (exact) mass is 422 g/mol. The van der Waals surface area contributed by atoms with Gasteiger partial charge in [0.05, 0.1) is 4.88 Å². The van der Waals surface area contributed by atoms with E-state index in [2.05, 4.69) is 18.7 Å². The number of thiophene rings is 1. The van der Waals surface area contributed by atoms with Crippen molar-refractivity contribution in [2.24, 2.45) is 0 Å². The van der Waals surface area contributed by atoms with Gasteiger partial charge in [0.25, 0.3) is 11.8 Å². The zero-order chi connectivity index (χ0) is 20.6. The number of ether oxygens (including phenoxy) is 1. The van der Waals surface area contributed by atoms with Gasteiger partial charge in [-0.15, -0.1) is 11.3 Å². The van der Waals surface area contributed by atoms with Gasteiger partial charge < -0.3 is 14.5 Å².